The SMILES string of the molecule is C#CCOCCOCCNC(=O)CCC(CCC(=O)NCCOCCOCC#C)(CCC(=O)NCCOCCOCC#C)NC(=O)C1CCC(OP(=O)(O)CC)CC1. The lowest BCUT2D eigenvalue weighted by Crippen LogP contribution is -2.52. The zero-order valence-electron chi connectivity index (χ0n) is 34.1. The van der Waals surface area contributed by atoms with Gasteiger partial charge in [0.1, 0.15) is 19.8 Å². The lowest BCUT2D eigenvalue weighted by Gasteiger charge is -2.37. The van der Waals surface area contributed by atoms with Gasteiger partial charge in [0.2, 0.25) is 23.6 Å². The number of terminal acetylenes is 3. The summed E-state index contributed by atoms with van der Waals surface area (Å²) in [5.74, 6) is 5.48. The van der Waals surface area contributed by atoms with Crippen LogP contribution in [0.25, 0.3) is 0 Å². The van der Waals surface area contributed by atoms with Gasteiger partial charge in [-0.3, -0.25) is 23.7 Å². The molecule has 1 unspecified atom stereocenters. The molecule has 1 atom stereocenters. The summed E-state index contributed by atoms with van der Waals surface area (Å²) in [6.45, 7) is 5.44. The number of carbonyl (C=O) groups is 4. The smallest absolute Gasteiger partial charge is 0.328 e. The average molecular weight is 841 g/mol. The van der Waals surface area contributed by atoms with Gasteiger partial charge < -0.3 is 59.1 Å². The zero-order chi connectivity index (χ0) is 42.7. The van der Waals surface area contributed by atoms with Crippen molar-refractivity contribution in [2.75, 3.05) is 105 Å². The van der Waals surface area contributed by atoms with Gasteiger partial charge in [0.25, 0.3) is 0 Å². The Hall–Kier alpha value is -3.53. The third kappa shape index (κ3) is 27.2. The first-order valence-electron chi connectivity index (χ1n) is 19.9. The number of ether oxygens (including phenoxy) is 6. The molecule has 1 aliphatic rings. The van der Waals surface area contributed by atoms with Crippen molar-refractivity contribution in [1.29, 1.82) is 0 Å². The molecule has 0 bridgehead atoms. The molecule has 1 rings (SSSR count). The van der Waals surface area contributed by atoms with E-state index in [1.54, 1.807) is 6.92 Å². The minimum absolute atomic E-state index is 0.00984. The molecule has 0 spiro atoms. The number of amides is 4. The number of rotatable bonds is 35. The maximum atomic E-state index is 13.9. The fourth-order valence-electron chi connectivity index (χ4n) is 5.83. The van der Waals surface area contributed by atoms with E-state index in [9.17, 15) is 28.6 Å². The summed E-state index contributed by atoms with van der Waals surface area (Å²) in [6.07, 6.45) is 17.1. The van der Waals surface area contributed by atoms with Crippen LogP contribution in [0.5, 0.6) is 0 Å². The predicted molar refractivity (Wildman–Crippen MR) is 216 cm³/mol. The van der Waals surface area contributed by atoms with Gasteiger partial charge in [-0.1, -0.05) is 24.7 Å². The largest absolute Gasteiger partial charge is 0.377 e. The summed E-state index contributed by atoms with van der Waals surface area (Å²) in [6, 6.07) is 0. The van der Waals surface area contributed by atoms with E-state index in [4.69, 9.17) is 52.2 Å². The van der Waals surface area contributed by atoms with Gasteiger partial charge >= 0.3 is 7.60 Å². The number of carbonyl (C=O) groups excluding carboxylic acids is 4. The quantitative estimate of drug-likeness (QED) is 0.0346. The van der Waals surface area contributed by atoms with Crippen LogP contribution in [0.4, 0.5) is 0 Å². The van der Waals surface area contributed by atoms with Gasteiger partial charge in [-0.2, -0.15) is 0 Å². The van der Waals surface area contributed by atoms with Gasteiger partial charge in [0.05, 0.1) is 65.6 Å². The second-order valence-corrected chi connectivity index (χ2v) is 15.6. The van der Waals surface area contributed by atoms with Gasteiger partial charge in [-0.05, 0) is 44.9 Å². The van der Waals surface area contributed by atoms with E-state index in [1.807, 2.05) is 0 Å². The van der Waals surface area contributed by atoms with Crippen LogP contribution in [0.3, 0.4) is 0 Å². The highest BCUT2D eigenvalue weighted by Crippen LogP contribution is 2.45. The van der Waals surface area contributed by atoms with Crippen molar-refractivity contribution in [1.82, 2.24) is 21.3 Å². The Kier molecular flexibility index (Phi) is 30.2. The number of nitrogens with one attached hydrogen (secondary N) is 4. The van der Waals surface area contributed by atoms with Crippen molar-refractivity contribution in [2.45, 2.75) is 82.8 Å². The van der Waals surface area contributed by atoms with E-state index >= 15 is 0 Å². The molecule has 1 saturated carbocycles. The zero-order valence-corrected chi connectivity index (χ0v) is 35.0. The second-order valence-electron chi connectivity index (χ2n) is 13.5. The maximum absolute atomic E-state index is 13.9. The van der Waals surface area contributed by atoms with Crippen molar-refractivity contribution >= 4 is 31.2 Å². The summed E-state index contributed by atoms with van der Waals surface area (Å²) in [4.78, 5) is 63.1. The second kappa shape index (κ2) is 33.3. The van der Waals surface area contributed by atoms with Gasteiger partial charge in [-0.15, -0.1) is 19.3 Å². The van der Waals surface area contributed by atoms with Gasteiger partial charge in [-0.25, -0.2) is 0 Å². The van der Waals surface area contributed by atoms with E-state index < -0.39 is 25.2 Å². The molecule has 0 saturated heterocycles. The molecule has 0 heterocycles. The molecule has 17 nitrogen and oxygen atoms in total. The number of hydrogen-bond acceptors (Lipinski definition) is 12. The fourth-order valence-corrected chi connectivity index (χ4v) is 6.65. The van der Waals surface area contributed by atoms with Crippen LogP contribution < -0.4 is 21.3 Å². The minimum atomic E-state index is -3.70. The molecule has 58 heavy (non-hydrogen) atoms. The highest BCUT2D eigenvalue weighted by Gasteiger charge is 2.37. The summed E-state index contributed by atoms with van der Waals surface area (Å²) in [7, 11) is -3.70. The summed E-state index contributed by atoms with van der Waals surface area (Å²) < 4.78 is 49.5. The average Bonchev–Trinajstić information content (AvgIpc) is 3.21. The predicted octanol–water partition coefficient (Wildman–Crippen LogP) is 1.31. The minimum Gasteiger partial charge on any atom is -0.377 e. The maximum Gasteiger partial charge on any atom is 0.328 e. The van der Waals surface area contributed by atoms with E-state index in [0.29, 0.717) is 65.3 Å². The molecule has 0 aliphatic heterocycles. The molecule has 0 radical (unpaired) electrons. The summed E-state index contributed by atoms with van der Waals surface area (Å²) in [5, 5.41) is 11.6. The third-order valence-corrected chi connectivity index (χ3v) is 10.4. The third-order valence-electron chi connectivity index (χ3n) is 9.02. The summed E-state index contributed by atoms with van der Waals surface area (Å²) >= 11 is 0. The van der Waals surface area contributed by atoms with E-state index in [0.717, 1.165) is 0 Å². The number of hydrogen-bond donors (Lipinski definition) is 5. The lowest BCUT2D eigenvalue weighted by atomic mass is 9.81. The van der Waals surface area contributed by atoms with Crippen LogP contribution >= 0.6 is 7.60 Å². The Morgan fingerprint density at radius 1 is 0.621 bits per heavy atom. The van der Waals surface area contributed by atoms with Gasteiger partial charge in [0.15, 0.2) is 0 Å². The van der Waals surface area contributed by atoms with Crippen LogP contribution in [0.2, 0.25) is 0 Å². The molecule has 0 aromatic heterocycles. The molecule has 328 valence electrons. The molecular formula is C40H65N4O13P. The first kappa shape index (κ1) is 52.5. The normalized spacial score (nSPS) is 16.2. The molecular weight excluding hydrogens is 775 g/mol. The van der Waals surface area contributed by atoms with E-state index in [2.05, 4.69) is 39.0 Å². The first-order chi connectivity index (χ1) is 28.0. The molecule has 0 aromatic carbocycles. The van der Waals surface area contributed by atoms with Crippen molar-refractivity contribution in [2.24, 2.45) is 5.92 Å². The Morgan fingerprint density at radius 3 is 1.33 bits per heavy atom. The molecule has 18 heteroatoms. The van der Waals surface area contributed by atoms with Crippen LogP contribution in [0, 0.1) is 42.9 Å². The molecule has 5 N–H and O–H groups in total. The van der Waals surface area contributed by atoms with Crippen molar-refractivity contribution in [3.05, 3.63) is 0 Å². The molecule has 4 amide bonds. The molecule has 0 aromatic rings. The molecule has 1 aliphatic carbocycles. The van der Waals surface area contributed by atoms with Gasteiger partial charge in [0, 0.05) is 56.5 Å². The Labute approximate surface area is 344 Å². The Morgan fingerprint density at radius 2 is 0.983 bits per heavy atom. The molecule has 1 fully saturated rings. The first-order valence-corrected chi connectivity index (χ1v) is 21.6. The van der Waals surface area contributed by atoms with E-state index in [1.165, 1.54) is 0 Å². The topological polar surface area (TPSA) is 218 Å². The fraction of sp³-hybridized carbons (Fsp3) is 0.750. The van der Waals surface area contributed by atoms with E-state index in [-0.39, 0.29) is 128 Å². The van der Waals surface area contributed by atoms with Crippen LogP contribution in [-0.2, 0) is 56.7 Å². The van der Waals surface area contributed by atoms with Crippen LogP contribution in [0.1, 0.15) is 71.1 Å². The van der Waals surface area contributed by atoms with Crippen molar-refractivity contribution in [3.8, 4) is 37.0 Å². The van der Waals surface area contributed by atoms with Crippen molar-refractivity contribution < 1.29 is 61.6 Å². The van der Waals surface area contributed by atoms with Crippen LogP contribution in [0.15, 0.2) is 0 Å². The summed E-state index contributed by atoms with van der Waals surface area (Å²) in [5.41, 5.74) is -1.12. The monoisotopic (exact) mass is 840 g/mol. The Balaban J connectivity index is 3.03. The Bertz CT molecular complexity index is 1240. The standard InChI is InChI=1S/C40H65N4O13P/c1-5-22-51-28-31-54-25-19-41-36(45)13-16-40(17-14-37(46)42-20-26-55-32-29-52-23-6-2,18-15-38(47)43-21-27-56-33-30-53-24-7-3)44-39(48)34-9-11-35(12-10-34)57-58(49,50)8-4/h1-3,34-35H,8-33H2,4H3,(H,41,45)(H,42,46)(H,43,47)(H,44,48)(H,49,50). The lowest BCUT2D eigenvalue weighted by molar-refractivity contribution is -0.131. The van der Waals surface area contributed by atoms with Crippen LogP contribution in [-0.4, -0.2) is 145 Å². The highest BCUT2D eigenvalue weighted by atomic mass is 31.2. The highest BCUT2D eigenvalue weighted by molar-refractivity contribution is 7.52. The van der Waals surface area contributed by atoms with Crippen molar-refractivity contribution in [3.63, 3.8) is 0 Å².